The van der Waals surface area contributed by atoms with E-state index in [-0.39, 0.29) is 12.2 Å². The maximum Gasteiger partial charge on any atom is 0.241 e. The van der Waals surface area contributed by atoms with E-state index >= 15 is 0 Å². The molecule has 1 aromatic rings. The van der Waals surface area contributed by atoms with Crippen LogP contribution in [0.4, 0.5) is 0 Å². The molecule has 3 nitrogen and oxygen atoms in total. The van der Waals surface area contributed by atoms with Crippen LogP contribution in [0.5, 0.6) is 0 Å². The molecule has 1 aliphatic carbocycles. The van der Waals surface area contributed by atoms with Crippen LogP contribution in [0.25, 0.3) is 0 Å². The van der Waals surface area contributed by atoms with Gasteiger partial charge in [0.05, 0.1) is 6.04 Å². The lowest BCUT2D eigenvalue weighted by atomic mass is 10.0. The SMILES string of the molecule is Cc1ccccc1C1NC(CC(C)C)C(=O)N1C1CC1C. The minimum absolute atomic E-state index is 0.0255. The van der Waals surface area contributed by atoms with Gasteiger partial charge in [-0.1, -0.05) is 45.0 Å². The summed E-state index contributed by atoms with van der Waals surface area (Å²) in [6, 6.07) is 8.81. The lowest BCUT2D eigenvalue weighted by Crippen LogP contribution is -2.34. The largest absolute Gasteiger partial charge is 0.318 e. The van der Waals surface area contributed by atoms with Gasteiger partial charge < -0.3 is 4.90 Å². The average Bonchev–Trinajstić information content (AvgIpc) is 3.05. The monoisotopic (exact) mass is 286 g/mol. The van der Waals surface area contributed by atoms with Gasteiger partial charge in [0.1, 0.15) is 6.17 Å². The van der Waals surface area contributed by atoms with Gasteiger partial charge in [-0.15, -0.1) is 0 Å². The van der Waals surface area contributed by atoms with Crippen molar-refractivity contribution < 1.29 is 4.79 Å². The number of nitrogens with one attached hydrogen (secondary N) is 1. The van der Waals surface area contributed by atoms with Gasteiger partial charge in [0.15, 0.2) is 0 Å². The summed E-state index contributed by atoms with van der Waals surface area (Å²) >= 11 is 0. The van der Waals surface area contributed by atoms with E-state index in [9.17, 15) is 4.79 Å². The highest BCUT2D eigenvalue weighted by Crippen LogP contribution is 2.42. The van der Waals surface area contributed by atoms with Crippen LogP contribution in [-0.2, 0) is 4.79 Å². The first-order chi connectivity index (χ1) is 9.99. The molecule has 0 bridgehead atoms. The fourth-order valence-electron chi connectivity index (χ4n) is 3.47. The number of benzene rings is 1. The van der Waals surface area contributed by atoms with Crippen LogP contribution in [-0.4, -0.2) is 22.9 Å². The van der Waals surface area contributed by atoms with E-state index in [0.717, 1.165) is 12.8 Å². The van der Waals surface area contributed by atoms with Gasteiger partial charge in [-0.05, 0) is 42.7 Å². The molecule has 3 rings (SSSR count). The Balaban J connectivity index is 1.90. The van der Waals surface area contributed by atoms with E-state index < -0.39 is 0 Å². The summed E-state index contributed by atoms with van der Waals surface area (Å²) in [5.74, 6) is 1.46. The fourth-order valence-corrected chi connectivity index (χ4v) is 3.47. The number of amides is 1. The van der Waals surface area contributed by atoms with E-state index in [4.69, 9.17) is 0 Å². The van der Waals surface area contributed by atoms with E-state index in [0.29, 0.717) is 23.8 Å². The quantitative estimate of drug-likeness (QED) is 0.921. The van der Waals surface area contributed by atoms with Crippen molar-refractivity contribution in [3.8, 4) is 0 Å². The summed E-state index contributed by atoms with van der Waals surface area (Å²) < 4.78 is 0. The minimum atomic E-state index is -0.0255. The Hall–Kier alpha value is -1.35. The van der Waals surface area contributed by atoms with Gasteiger partial charge in [-0.2, -0.15) is 0 Å². The molecule has 4 unspecified atom stereocenters. The third kappa shape index (κ3) is 2.71. The van der Waals surface area contributed by atoms with Crippen molar-refractivity contribution in [2.24, 2.45) is 11.8 Å². The molecular weight excluding hydrogens is 260 g/mol. The summed E-state index contributed by atoms with van der Waals surface area (Å²) in [6.07, 6.45) is 2.11. The third-order valence-corrected chi connectivity index (χ3v) is 4.80. The summed E-state index contributed by atoms with van der Waals surface area (Å²) in [5.41, 5.74) is 2.50. The summed E-state index contributed by atoms with van der Waals surface area (Å²) in [6.45, 7) is 8.73. The Kier molecular flexibility index (Phi) is 3.78. The zero-order valence-electron chi connectivity index (χ0n) is 13.5. The number of carbonyl (C=O) groups excluding carboxylic acids is 1. The lowest BCUT2D eigenvalue weighted by molar-refractivity contribution is -0.131. The maximum atomic E-state index is 12.8. The number of aryl methyl sites for hydroxylation is 1. The van der Waals surface area contributed by atoms with Crippen molar-refractivity contribution in [3.63, 3.8) is 0 Å². The second kappa shape index (κ2) is 5.45. The Morgan fingerprint density at radius 1 is 1.33 bits per heavy atom. The van der Waals surface area contributed by atoms with E-state index in [1.165, 1.54) is 11.1 Å². The highest BCUT2D eigenvalue weighted by molar-refractivity contribution is 5.85. The predicted octanol–water partition coefficient (Wildman–Crippen LogP) is 3.25. The van der Waals surface area contributed by atoms with Crippen LogP contribution < -0.4 is 5.32 Å². The second-order valence-corrected chi connectivity index (χ2v) is 7.13. The molecule has 0 radical (unpaired) electrons. The molecule has 0 aromatic heterocycles. The van der Waals surface area contributed by atoms with Crippen molar-refractivity contribution in [2.45, 2.75) is 58.8 Å². The van der Waals surface area contributed by atoms with E-state index in [1.54, 1.807) is 0 Å². The van der Waals surface area contributed by atoms with Crippen molar-refractivity contribution in [3.05, 3.63) is 35.4 Å². The molecule has 1 saturated carbocycles. The van der Waals surface area contributed by atoms with Crippen LogP contribution >= 0.6 is 0 Å². The topological polar surface area (TPSA) is 32.3 Å². The van der Waals surface area contributed by atoms with Crippen molar-refractivity contribution in [1.82, 2.24) is 10.2 Å². The molecule has 1 saturated heterocycles. The highest BCUT2D eigenvalue weighted by atomic mass is 16.2. The molecule has 0 spiro atoms. The molecule has 3 heteroatoms. The zero-order valence-corrected chi connectivity index (χ0v) is 13.5. The summed E-state index contributed by atoms with van der Waals surface area (Å²) in [4.78, 5) is 15.0. The first kappa shape index (κ1) is 14.6. The van der Waals surface area contributed by atoms with Crippen LogP contribution in [0.1, 0.15) is 50.9 Å². The Labute approximate surface area is 127 Å². The van der Waals surface area contributed by atoms with Gasteiger partial charge in [0.2, 0.25) is 5.91 Å². The van der Waals surface area contributed by atoms with Crippen molar-refractivity contribution in [1.29, 1.82) is 0 Å². The molecule has 2 aliphatic rings. The molecule has 2 fully saturated rings. The Morgan fingerprint density at radius 2 is 2.00 bits per heavy atom. The van der Waals surface area contributed by atoms with E-state index in [1.807, 2.05) is 0 Å². The van der Waals surface area contributed by atoms with Crippen molar-refractivity contribution in [2.75, 3.05) is 0 Å². The first-order valence-electron chi connectivity index (χ1n) is 8.12. The number of hydrogen-bond acceptors (Lipinski definition) is 2. The van der Waals surface area contributed by atoms with Gasteiger partial charge >= 0.3 is 0 Å². The molecule has 1 aromatic carbocycles. The second-order valence-electron chi connectivity index (χ2n) is 7.13. The standard InChI is InChI=1S/C18H26N2O/c1-11(2)9-15-18(21)20(16-10-13(16)4)17(19-15)14-8-6-5-7-12(14)3/h5-8,11,13,15-17,19H,9-10H2,1-4H3. The van der Waals surface area contributed by atoms with Crippen LogP contribution in [0.3, 0.4) is 0 Å². The van der Waals surface area contributed by atoms with E-state index in [2.05, 4.69) is 62.2 Å². The predicted molar refractivity (Wildman–Crippen MR) is 84.7 cm³/mol. The number of hydrogen-bond donors (Lipinski definition) is 1. The molecule has 1 aliphatic heterocycles. The Morgan fingerprint density at radius 3 is 2.57 bits per heavy atom. The fraction of sp³-hybridized carbons (Fsp3) is 0.611. The van der Waals surface area contributed by atoms with Gasteiger partial charge in [0.25, 0.3) is 0 Å². The van der Waals surface area contributed by atoms with Crippen LogP contribution in [0.2, 0.25) is 0 Å². The smallest absolute Gasteiger partial charge is 0.241 e. The molecule has 1 N–H and O–H groups in total. The molecule has 114 valence electrons. The number of carbonyl (C=O) groups is 1. The lowest BCUT2D eigenvalue weighted by Gasteiger charge is -2.26. The van der Waals surface area contributed by atoms with Gasteiger partial charge in [-0.25, -0.2) is 0 Å². The average molecular weight is 286 g/mol. The summed E-state index contributed by atoms with van der Waals surface area (Å²) in [5, 5.41) is 3.60. The van der Waals surface area contributed by atoms with Crippen LogP contribution in [0.15, 0.2) is 24.3 Å². The Bertz CT molecular complexity index is 540. The molecule has 1 heterocycles. The zero-order chi connectivity index (χ0) is 15.1. The van der Waals surface area contributed by atoms with Gasteiger partial charge in [0, 0.05) is 6.04 Å². The minimum Gasteiger partial charge on any atom is -0.318 e. The number of nitrogens with zero attached hydrogens (tertiary/aromatic N) is 1. The van der Waals surface area contributed by atoms with Crippen LogP contribution in [0, 0.1) is 18.8 Å². The maximum absolute atomic E-state index is 12.8. The summed E-state index contributed by atoms with van der Waals surface area (Å²) in [7, 11) is 0. The number of rotatable bonds is 4. The van der Waals surface area contributed by atoms with Crippen molar-refractivity contribution >= 4 is 5.91 Å². The first-order valence-corrected chi connectivity index (χ1v) is 8.12. The molecule has 21 heavy (non-hydrogen) atoms. The molecular formula is C18H26N2O. The normalized spacial score (nSPS) is 32.0. The van der Waals surface area contributed by atoms with Gasteiger partial charge in [-0.3, -0.25) is 10.1 Å². The highest BCUT2D eigenvalue weighted by Gasteiger charge is 2.50. The molecule has 4 atom stereocenters. The molecule has 1 amide bonds. The third-order valence-electron chi connectivity index (χ3n) is 4.80.